The van der Waals surface area contributed by atoms with Gasteiger partial charge in [0, 0.05) is 25.2 Å². The van der Waals surface area contributed by atoms with E-state index >= 15 is 0 Å². The molecule has 0 bridgehead atoms. The first-order valence-corrected chi connectivity index (χ1v) is 7.98. The van der Waals surface area contributed by atoms with Crippen molar-refractivity contribution in [2.75, 3.05) is 18.4 Å². The summed E-state index contributed by atoms with van der Waals surface area (Å²) in [5.74, 6) is -0.231. The van der Waals surface area contributed by atoms with Gasteiger partial charge in [-0.15, -0.1) is 0 Å². The van der Waals surface area contributed by atoms with Gasteiger partial charge in [0.15, 0.2) is 0 Å². The van der Waals surface area contributed by atoms with Crippen LogP contribution in [0.4, 0.5) is 5.69 Å². The average molecular weight is 297 g/mol. The van der Waals surface area contributed by atoms with Gasteiger partial charge >= 0.3 is 0 Å². The summed E-state index contributed by atoms with van der Waals surface area (Å²) in [4.78, 5) is 11.3. The molecule has 7 heteroatoms. The fourth-order valence-electron chi connectivity index (χ4n) is 2.21. The van der Waals surface area contributed by atoms with Crippen molar-refractivity contribution in [2.45, 2.75) is 31.2 Å². The smallest absolute Gasteiger partial charge is 0.241 e. The van der Waals surface area contributed by atoms with Gasteiger partial charge in [-0.25, -0.2) is 13.1 Å². The molecule has 0 spiro atoms. The molecule has 3 N–H and O–H groups in total. The van der Waals surface area contributed by atoms with E-state index in [9.17, 15) is 13.2 Å². The Morgan fingerprint density at radius 1 is 1.40 bits per heavy atom. The zero-order valence-electron chi connectivity index (χ0n) is 11.6. The maximum Gasteiger partial charge on any atom is 0.241 e. The molecule has 1 atom stereocenters. The Kier molecular flexibility index (Phi) is 4.42. The van der Waals surface area contributed by atoms with E-state index in [1.807, 2.05) is 0 Å². The SMILES string of the molecule is CC(=O)Nc1ccc(C)c(S(=O)(=O)NC2CCNC2)c1. The highest BCUT2D eigenvalue weighted by molar-refractivity contribution is 7.89. The molecule has 1 aliphatic rings. The van der Waals surface area contributed by atoms with Crippen molar-refractivity contribution in [3.63, 3.8) is 0 Å². The number of nitrogens with one attached hydrogen (secondary N) is 3. The van der Waals surface area contributed by atoms with Gasteiger partial charge in [-0.3, -0.25) is 4.79 Å². The number of hydrogen-bond donors (Lipinski definition) is 3. The van der Waals surface area contributed by atoms with Crippen molar-refractivity contribution >= 4 is 21.6 Å². The summed E-state index contributed by atoms with van der Waals surface area (Å²) in [6.45, 7) is 4.58. The number of carbonyl (C=O) groups excluding carboxylic acids is 1. The van der Waals surface area contributed by atoms with Gasteiger partial charge in [-0.1, -0.05) is 6.07 Å². The van der Waals surface area contributed by atoms with Crippen LogP contribution in [0.25, 0.3) is 0 Å². The Labute approximate surface area is 119 Å². The Morgan fingerprint density at radius 2 is 2.15 bits per heavy atom. The van der Waals surface area contributed by atoms with Crippen LogP contribution in [0, 0.1) is 6.92 Å². The minimum Gasteiger partial charge on any atom is -0.326 e. The molecule has 110 valence electrons. The third-order valence-electron chi connectivity index (χ3n) is 3.18. The van der Waals surface area contributed by atoms with E-state index in [0.29, 0.717) is 17.8 Å². The quantitative estimate of drug-likeness (QED) is 0.759. The molecule has 0 saturated carbocycles. The van der Waals surface area contributed by atoms with E-state index in [1.165, 1.54) is 13.0 Å². The summed E-state index contributed by atoms with van der Waals surface area (Å²) in [5.41, 5.74) is 1.13. The number of sulfonamides is 1. The summed E-state index contributed by atoms with van der Waals surface area (Å²) < 4.78 is 27.5. The van der Waals surface area contributed by atoms with Crippen LogP contribution >= 0.6 is 0 Å². The highest BCUT2D eigenvalue weighted by Crippen LogP contribution is 2.21. The van der Waals surface area contributed by atoms with E-state index in [4.69, 9.17) is 0 Å². The van der Waals surface area contributed by atoms with Crippen molar-refractivity contribution in [3.05, 3.63) is 23.8 Å². The average Bonchev–Trinajstić information content (AvgIpc) is 2.82. The lowest BCUT2D eigenvalue weighted by molar-refractivity contribution is -0.114. The molecule has 1 heterocycles. The van der Waals surface area contributed by atoms with Gasteiger partial charge in [0.2, 0.25) is 15.9 Å². The van der Waals surface area contributed by atoms with E-state index < -0.39 is 10.0 Å². The predicted molar refractivity (Wildman–Crippen MR) is 77.1 cm³/mol. The van der Waals surface area contributed by atoms with E-state index in [2.05, 4.69) is 15.4 Å². The predicted octanol–water partition coefficient (Wildman–Crippen LogP) is 0.594. The van der Waals surface area contributed by atoms with Crippen LogP contribution in [0.5, 0.6) is 0 Å². The standard InChI is InChI=1S/C13H19N3O3S/c1-9-3-4-11(15-10(2)17)7-13(9)20(18,19)16-12-5-6-14-8-12/h3-4,7,12,14,16H,5-6,8H2,1-2H3,(H,15,17). The monoisotopic (exact) mass is 297 g/mol. The van der Waals surface area contributed by atoms with Crippen molar-refractivity contribution in [1.82, 2.24) is 10.0 Å². The molecule has 0 radical (unpaired) electrons. The Bertz CT molecular complexity index is 607. The van der Waals surface area contributed by atoms with Gasteiger partial charge < -0.3 is 10.6 Å². The number of amides is 1. The summed E-state index contributed by atoms with van der Waals surface area (Å²) in [7, 11) is -3.57. The Hall–Kier alpha value is -1.44. The lowest BCUT2D eigenvalue weighted by Crippen LogP contribution is -2.36. The molecule has 0 aliphatic carbocycles. The van der Waals surface area contributed by atoms with Crippen molar-refractivity contribution in [2.24, 2.45) is 0 Å². The Morgan fingerprint density at radius 3 is 2.75 bits per heavy atom. The molecule has 1 unspecified atom stereocenters. The topological polar surface area (TPSA) is 87.3 Å². The van der Waals surface area contributed by atoms with Gasteiger partial charge in [0.1, 0.15) is 0 Å². The fraction of sp³-hybridized carbons (Fsp3) is 0.462. The van der Waals surface area contributed by atoms with E-state index in [1.54, 1.807) is 19.1 Å². The highest BCUT2D eigenvalue weighted by atomic mass is 32.2. The normalized spacial score (nSPS) is 19.0. The van der Waals surface area contributed by atoms with Gasteiger partial charge in [-0.05, 0) is 37.6 Å². The maximum absolute atomic E-state index is 12.4. The van der Waals surface area contributed by atoms with Crippen LogP contribution in [-0.2, 0) is 14.8 Å². The zero-order chi connectivity index (χ0) is 14.8. The first-order chi connectivity index (χ1) is 9.38. The highest BCUT2D eigenvalue weighted by Gasteiger charge is 2.24. The number of carbonyl (C=O) groups is 1. The van der Waals surface area contributed by atoms with Crippen molar-refractivity contribution in [1.29, 1.82) is 0 Å². The first kappa shape index (κ1) is 15.0. The van der Waals surface area contributed by atoms with Crippen molar-refractivity contribution < 1.29 is 13.2 Å². The molecule has 1 saturated heterocycles. The zero-order valence-corrected chi connectivity index (χ0v) is 12.4. The molecular weight excluding hydrogens is 278 g/mol. The molecule has 1 aromatic carbocycles. The molecule has 6 nitrogen and oxygen atoms in total. The second-order valence-corrected chi connectivity index (χ2v) is 6.65. The van der Waals surface area contributed by atoms with Crippen LogP contribution in [0.3, 0.4) is 0 Å². The van der Waals surface area contributed by atoms with Crippen LogP contribution in [-0.4, -0.2) is 33.5 Å². The molecular formula is C13H19N3O3S. The third kappa shape index (κ3) is 3.56. The number of hydrogen-bond acceptors (Lipinski definition) is 4. The fourth-order valence-corrected chi connectivity index (χ4v) is 3.75. The molecule has 20 heavy (non-hydrogen) atoms. The Balaban J connectivity index is 2.27. The maximum atomic E-state index is 12.4. The van der Waals surface area contributed by atoms with E-state index in [-0.39, 0.29) is 16.8 Å². The minimum atomic E-state index is -3.57. The molecule has 2 rings (SSSR count). The molecule has 0 aromatic heterocycles. The van der Waals surface area contributed by atoms with Crippen LogP contribution in [0.2, 0.25) is 0 Å². The second-order valence-electron chi connectivity index (χ2n) is 4.97. The van der Waals surface area contributed by atoms with Crippen LogP contribution in [0.15, 0.2) is 23.1 Å². The number of rotatable bonds is 4. The third-order valence-corrected chi connectivity index (χ3v) is 4.84. The molecule has 1 aromatic rings. The lowest BCUT2D eigenvalue weighted by Gasteiger charge is -2.14. The first-order valence-electron chi connectivity index (χ1n) is 6.50. The second kappa shape index (κ2) is 5.90. The summed E-state index contributed by atoms with van der Waals surface area (Å²) >= 11 is 0. The van der Waals surface area contributed by atoms with Gasteiger partial charge in [0.05, 0.1) is 4.90 Å². The summed E-state index contributed by atoms with van der Waals surface area (Å²) in [5, 5.41) is 5.71. The number of benzene rings is 1. The summed E-state index contributed by atoms with van der Waals surface area (Å²) in [6.07, 6.45) is 0.781. The van der Waals surface area contributed by atoms with Crippen LogP contribution < -0.4 is 15.4 Å². The molecule has 1 amide bonds. The summed E-state index contributed by atoms with van der Waals surface area (Å²) in [6, 6.07) is 4.78. The lowest BCUT2D eigenvalue weighted by atomic mass is 10.2. The van der Waals surface area contributed by atoms with Gasteiger partial charge in [-0.2, -0.15) is 0 Å². The molecule has 1 fully saturated rings. The van der Waals surface area contributed by atoms with Crippen LogP contribution in [0.1, 0.15) is 18.9 Å². The minimum absolute atomic E-state index is 0.0798. The largest absolute Gasteiger partial charge is 0.326 e. The number of aryl methyl sites for hydroxylation is 1. The number of anilines is 1. The molecule has 1 aliphatic heterocycles. The van der Waals surface area contributed by atoms with Crippen molar-refractivity contribution in [3.8, 4) is 0 Å². The van der Waals surface area contributed by atoms with E-state index in [0.717, 1.165) is 13.0 Å². The van der Waals surface area contributed by atoms with Gasteiger partial charge in [0.25, 0.3) is 0 Å².